The van der Waals surface area contributed by atoms with Gasteiger partial charge in [-0.15, -0.1) is 0 Å². The lowest BCUT2D eigenvalue weighted by Gasteiger charge is -2.09. The first-order valence-corrected chi connectivity index (χ1v) is 6.15. The Morgan fingerprint density at radius 1 is 0.444 bits per heavy atom. The van der Waals surface area contributed by atoms with Gasteiger partial charge in [0.05, 0.1) is 1.37 Å². The van der Waals surface area contributed by atoms with E-state index in [9.17, 15) is 0 Å². The summed E-state index contributed by atoms with van der Waals surface area (Å²) < 4.78 is 8.22. The van der Waals surface area contributed by atoms with Crippen LogP contribution in [0.1, 0.15) is 1.37 Å². The van der Waals surface area contributed by atoms with Crippen molar-refractivity contribution in [2.45, 2.75) is 0 Å². The first-order valence-electron chi connectivity index (χ1n) is 6.65. The van der Waals surface area contributed by atoms with Crippen LogP contribution in [0, 0.1) is 0 Å². The van der Waals surface area contributed by atoms with E-state index in [4.69, 9.17) is 1.37 Å². The molecule has 0 radical (unpaired) electrons. The van der Waals surface area contributed by atoms with Gasteiger partial charge < -0.3 is 0 Å². The van der Waals surface area contributed by atoms with E-state index >= 15 is 0 Å². The van der Waals surface area contributed by atoms with Crippen LogP contribution in [0.2, 0.25) is 0 Å². The Morgan fingerprint density at radius 3 is 1.22 bits per heavy atom. The maximum Gasteiger partial charge on any atom is 0.0629 e. The summed E-state index contributed by atoms with van der Waals surface area (Å²) >= 11 is 0. The van der Waals surface area contributed by atoms with E-state index in [-0.39, 0.29) is 0 Å². The Kier molecular flexibility index (Phi) is 1.73. The van der Waals surface area contributed by atoms with E-state index in [1.165, 1.54) is 26.9 Å². The van der Waals surface area contributed by atoms with Crippen molar-refractivity contribution in [3.05, 3.63) is 72.8 Å². The van der Waals surface area contributed by atoms with Gasteiger partial charge in [0.1, 0.15) is 0 Å². The predicted octanol–water partition coefficient (Wildman–Crippen LogP) is 5.15. The molecule has 0 bridgehead atoms. The minimum absolute atomic E-state index is 0.597. The van der Waals surface area contributed by atoms with E-state index in [2.05, 4.69) is 48.5 Å². The average molecular weight is 229 g/mol. The van der Waals surface area contributed by atoms with Crippen molar-refractivity contribution in [1.29, 1.82) is 0 Å². The Hall–Kier alpha value is -2.34. The predicted molar refractivity (Wildman–Crippen MR) is 79.0 cm³/mol. The summed E-state index contributed by atoms with van der Waals surface area (Å²) in [7, 11) is 0. The molecule has 4 rings (SSSR count). The van der Waals surface area contributed by atoms with Gasteiger partial charge in [0, 0.05) is 0 Å². The van der Waals surface area contributed by atoms with Crippen LogP contribution in [0.3, 0.4) is 0 Å². The molecule has 0 atom stereocenters. The SMILES string of the molecule is [2H]c1cccc2c3ccccc3c3ccccc3c12. The summed E-state index contributed by atoms with van der Waals surface area (Å²) in [5.41, 5.74) is 0. The maximum absolute atomic E-state index is 8.22. The fourth-order valence-corrected chi connectivity index (χ4v) is 2.77. The Balaban J connectivity index is 2.48. The van der Waals surface area contributed by atoms with E-state index in [0.717, 1.165) is 5.39 Å². The van der Waals surface area contributed by atoms with Gasteiger partial charge in [-0.05, 0) is 32.3 Å². The zero-order chi connectivity index (χ0) is 12.8. The highest BCUT2D eigenvalue weighted by atomic mass is 14.1. The fourth-order valence-electron chi connectivity index (χ4n) is 2.77. The summed E-state index contributed by atoms with van der Waals surface area (Å²) in [4.78, 5) is 0. The van der Waals surface area contributed by atoms with E-state index < -0.39 is 0 Å². The zero-order valence-corrected chi connectivity index (χ0v) is 9.85. The number of fused-ring (bicyclic) bond motifs is 6. The molecule has 0 aromatic heterocycles. The van der Waals surface area contributed by atoms with E-state index in [1.807, 2.05) is 18.2 Å². The smallest absolute Gasteiger partial charge is 0.0616 e. The van der Waals surface area contributed by atoms with Gasteiger partial charge >= 0.3 is 0 Å². The molecule has 0 aliphatic heterocycles. The van der Waals surface area contributed by atoms with Gasteiger partial charge in [-0.2, -0.15) is 0 Å². The maximum atomic E-state index is 8.22. The molecule has 0 heteroatoms. The molecule has 0 unspecified atom stereocenters. The number of rotatable bonds is 0. The lowest BCUT2D eigenvalue weighted by molar-refractivity contribution is 1.77. The third-order valence-electron chi connectivity index (χ3n) is 3.56. The molecule has 4 aromatic carbocycles. The molecule has 18 heavy (non-hydrogen) atoms. The molecule has 0 N–H and O–H groups in total. The second-order valence-corrected chi connectivity index (χ2v) is 4.55. The van der Waals surface area contributed by atoms with Gasteiger partial charge in [-0.3, -0.25) is 0 Å². The Labute approximate surface area is 107 Å². The molecule has 0 aliphatic carbocycles. The molecule has 0 spiro atoms. The van der Waals surface area contributed by atoms with Crippen LogP contribution < -0.4 is 0 Å². The first kappa shape index (κ1) is 8.71. The molecule has 4 aromatic rings. The summed E-state index contributed by atoms with van der Waals surface area (Å²) in [5.74, 6) is 0. The quantitative estimate of drug-likeness (QED) is 0.366. The molecule has 0 heterocycles. The second kappa shape index (κ2) is 3.58. The van der Waals surface area contributed by atoms with Crippen LogP contribution in [0.15, 0.2) is 72.8 Å². The topological polar surface area (TPSA) is 0 Å². The van der Waals surface area contributed by atoms with Gasteiger partial charge in [-0.1, -0.05) is 72.8 Å². The highest BCUT2D eigenvalue weighted by molar-refractivity contribution is 6.25. The van der Waals surface area contributed by atoms with Gasteiger partial charge in [0.15, 0.2) is 0 Å². The highest BCUT2D eigenvalue weighted by Crippen LogP contribution is 2.34. The van der Waals surface area contributed by atoms with Crippen LogP contribution >= 0.6 is 0 Å². The molecule has 0 saturated heterocycles. The fraction of sp³-hybridized carbons (Fsp3) is 0. The average Bonchev–Trinajstić information content (AvgIpc) is 2.47. The highest BCUT2D eigenvalue weighted by Gasteiger charge is 2.06. The van der Waals surface area contributed by atoms with Crippen molar-refractivity contribution >= 4 is 32.3 Å². The molecule has 84 valence electrons. The summed E-state index contributed by atoms with van der Waals surface area (Å²) in [5, 5.41) is 7.10. The number of benzene rings is 4. The largest absolute Gasteiger partial charge is 0.0629 e. The molecule has 0 fully saturated rings. The lowest BCUT2D eigenvalue weighted by Crippen LogP contribution is -1.81. The van der Waals surface area contributed by atoms with Crippen LogP contribution in [-0.4, -0.2) is 0 Å². The Morgan fingerprint density at radius 2 is 0.778 bits per heavy atom. The summed E-state index contributed by atoms with van der Waals surface area (Å²) in [6.45, 7) is 0. The molecule has 0 aliphatic rings. The van der Waals surface area contributed by atoms with Crippen molar-refractivity contribution in [3.8, 4) is 0 Å². The summed E-state index contributed by atoms with van der Waals surface area (Å²) in [6.07, 6.45) is 0. The summed E-state index contributed by atoms with van der Waals surface area (Å²) in [6, 6.07) is 23.3. The third kappa shape index (κ3) is 1.20. The zero-order valence-electron chi connectivity index (χ0n) is 10.9. The standard InChI is InChI=1S/C18H12/c1-2-8-14-13(7-1)15-9-3-4-11-17(15)18-12-6-5-10-16(14)18/h1-12H/i7D. The van der Waals surface area contributed by atoms with E-state index in [0.29, 0.717) is 6.04 Å². The van der Waals surface area contributed by atoms with E-state index in [1.54, 1.807) is 0 Å². The van der Waals surface area contributed by atoms with Gasteiger partial charge in [0.25, 0.3) is 0 Å². The minimum atomic E-state index is 0.597. The second-order valence-electron chi connectivity index (χ2n) is 4.55. The van der Waals surface area contributed by atoms with Crippen molar-refractivity contribution in [1.82, 2.24) is 0 Å². The molecular weight excluding hydrogens is 216 g/mol. The monoisotopic (exact) mass is 229 g/mol. The normalized spacial score (nSPS) is 12.1. The van der Waals surface area contributed by atoms with Crippen LogP contribution in [0.5, 0.6) is 0 Å². The molecule has 0 amide bonds. The van der Waals surface area contributed by atoms with Crippen molar-refractivity contribution in [2.24, 2.45) is 0 Å². The van der Waals surface area contributed by atoms with Crippen molar-refractivity contribution in [2.75, 3.05) is 0 Å². The van der Waals surface area contributed by atoms with Crippen molar-refractivity contribution in [3.63, 3.8) is 0 Å². The van der Waals surface area contributed by atoms with Crippen LogP contribution in [0.4, 0.5) is 0 Å². The molecular formula is C18H12. The molecule has 0 nitrogen and oxygen atoms in total. The lowest BCUT2D eigenvalue weighted by atomic mass is 9.95. The third-order valence-corrected chi connectivity index (χ3v) is 3.56. The molecule has 0 saturated carbocycles. The minimum Gasteiger partial charge on any atom is -0.0616 e. The van der Waals surface area contributed by atoms with Crippen LogP contribution in [0.25, 0.3) is 32.3 Å². The number of hydrogen-bond donors (Lipinski definition) is 0. The van der Waals surface area contributed by atoms with Gasteiger partial charge in [0.2, 0.25) is 0 Å². The van der Waals surface area contributed by atoms with Crippen molar-refractivity contribution < 1.29 is 1.37 Å². The Bertz CT molecular complexity index is 877. The first-order chi connectivity index (χ1) is 9.36. The number of hydrogen-bond acceptors (Lipinski definition) is 0. The van der Waals surface area contributed by atoms with Gasteiger partial charge in [-0.25, -0.2) is 0 Å². The van der Waals surface area contributed by atoms with Crippen LogP contribution in [-0.2, 0) is 0 Å².